The Morgan fingerprint density at radius 2 is 2.36 bits per heavy atom. The smallest absolute Gasteiger partial charge is 0.142 e. The lowest BCUT2D eigenvalue weighted by atomic mass is 10.0. The van der Waals surface area contributed by atoms with Crippen LogP contribution in [0.1, 0.15) is 0 Å². The number of aliphatic hydroxyl groups excluding tert-OH is 1. The van der Waals surface area contributed by atoms with Crippen LogP contribution in [0.2, 0.25) is 5.02 Å². The summed E-state index contributed by atoms with van der Waals surface area (Å²) in [5.41, 5.74) is 0. The summed E-state index contributed by atoms with van der Waals surface area (Å²) in [6, 6.07) is 1.83. The van der Waals surface area contributed by atoms with Gasteiger partial charge in [-0.05, 0) is 22.0 Å². The highest BCUT2D eigenvalue weighted by molar-refractivity contribution is 9.10. The first kappa shape index (κ1) is 10.2. The quantitative estimate of drug-likeness (QED) is 0.897. The van der Waals surface area contributed by atoms with Crippen LogP contribution in [0.15, 0.2) is 16.7 Å². The molecule has 0 bridgehead atoms. The molecule has 0 aliphatic carbocycles. The number of halogens is 2. The summed E-state index contributed by atoms with van der Waals surface area (Å²) in [5, 5.41) is 9.51. The minimum Gasteiger partial charge on any atom is -0.396 e. The lowest BCUT2D eigenvalue weighted by molar-refractivity contribution is 0.200. The van der Waals surface area contributed by atoms with E-state index in [0.717, 1.165) is 23.4 Å². The van der Waals surface area contributed by atoms with Crippen LogP contribution in [0.4, 0.5) is 5.82 Å². The van der Waals surface area contributed by atoms with Crippen LogP contribution in [-0.2, 0) is 0 Å². The lowest BCUT2D eigenvalue weighted by Crippen LogP contribution is -2.48. The van der Waals surface area contributed by atoms with Crippen molar-refractivity contribution in [3.05, 3.63) is 21.8 Å². The molecule has 0 unspecified atom stereocenters. The first-order chi connectivity index (χ1) is 6.70. The summed E-state index contributed by atoms with van der Waals surface area (Å²) in [7, 11) is 0. The van der Waals surface area contributed by atoms with E-state index in [4.69, 9.17) is 16.7 Å². The molecule has 76 valence electrons. The van der Waals surface area contributed by atoms with Gasteiger partial charge in [0.2, 0.25) is 0 Å². The van der Waals surface area contributed by atoms with Gasteiger partial charge in [-0.2, -0.15) is 0 Å². The van der Waals surface area contributed by atoms with Crippen LogP contribution in [-0.4, -0.2) is 29.8 Å². The summed E-state index contributed by atoms with van der Waals surface area (Å²) < 4.78 is 0.904. The monoisotopic (exact) mass is 276 g/mol. The molecule has 1 aromatic rings. The standard InChI is InChI=1S/C9H10BrClN2O/c10-8-1-7(11)2-12-9(8)13-3-6(4-13)5-14/h1-2,6,14H,3-5H2. The third-order valence-corrected chi connectivity index (χ3v) is 3.09. The molecular weight excluding hydrogens is 267 g/mol. The summed E-state index contributed by atoms with van der Waals surface area (Å²) in [6.07, 6.45) is 1.63. The number of pyridine rings is 1. The van der Waals surface area contributed by atoms with Crippen molar-refractivity contribution in [1.82, 2.24) is 4.98 Å². The summed E-state index contributed by atoms with van der Waals surface area (Å²) in [4.78, 5) is 6.35. The topological polar surface area (TPSA) is 36.4 Å². The van der Waals surface area contributed by atoms with Gasteiger partial charge in [-0.15, -0.1) is 0 Å². The fraction of sp³-hybridized carbons (Fsp3) is 0.444. The van der Waals surface area contributed by atoms with Crippen molar-refractivity contribution in [3.63, 3.8) is 0 Å². The van der Waals surface area contributed by atoms with Crippen LogP contribution >= 0.6 is 27.5 Å². The first-order valence-electron chi connectivity index (χ1n) is 4.37. The van der Waals surface area contributed by atoms with Crippen LogP contribution in [0.5, 0.6) is 0 Å². The second-order valence-electron chi connectivity index (χ2n) is 3.41. The predicted molar refractivity (Wildman–Crippen MR) is 59.7 cm³/mol. The molecule has 2 rings (SSSR count). The van der Waals surface area contributed by atoms with Gasteiger partial charge in [-0.25, -0.2) is 4.98 Å². The maximum Gasteiger partial charge on any atom is 0.142 e. The highest BCUT2D eigenvalue weighted by atomic mass is 79.9. The fourth-order valence-electron chi connectivity index (χ4n) is 1.50. The summed E-state index contributed by atoms with van der Waals surface area (Å²) in [6.45, 7) is 1.98. The molecule has 0 spiro atoms. The average Bonchev–Trinajstić information content (AvgIpc) is 2.06. The van der Waals surface area contributed by atoms with Crippen LogP contribution in [0.3, 0.4) is 0 Å². The minimum atomic E-state index is 0.252. The Morgan fingerprint density at radius 3 is 2.93 bits per heavy atom. The second-order valence-corrected chi connectivity index (χ2v) is 4.70. The molecule has 5 heteroatoms. The van der Waals surface area contributed by atoms with Crippen LogP contribution in [0.25, 0.3) is 0 Å². The predicted octanol–water partition coefficient (Wildman–Crippen LogP) is 1.93. The zero-order valence-corrected chi connectivity index (χ0v) is 9.79. The van der Waals surface area contributed by atoms with Crippen molar-refractivity contribution in [2.24, 2.45) is 5.92 Å². The van der Waals surface area contributed by atoms with Gasteiger partial charge in [-0.1, -0.05) is 11.6 Å². The maximum atomic E-state index is 8.88. The van der Waals surface area contributed by atoms with Gasteiger partial charge in [0.05, 0.1) is 9.50 Å². The molecule has 0 aromatic carbocycles. The zero-order valence-electron chi connectivity index (χ0n) is 7.45. The Hall–Kier alpha value is -0.320. The Morgan fingerprint density at radius 1 is 1.64 bits per heavy atom. The van der Waals surface area contributed by atoms with Gasteiger partial charge in [0.1, 0.15) is 5.82 Å². The molecule has 1 saturated heterocycles. The van der Waals surface area contributed by atoms with Gasteiger partial charge in [-0.3, -0.25) is 0 Å². The molecule has 2 heterocycles. The van der Waals surface area contributed by atoms with E-state index in [1.165, 1.54) is 0 Å². The Balaban J connectivity index is 2.11. The van der Waals surface area contributed by atoms with E-state index >= 15 is 0 Å². The highest BCUT2D eigenvalue weighted by Gasteiger charge is 2.28. The molecular formula is C9H10BrClN2O. The largest absolute Gasteiger partial charge is 0.396 e. The molecule has 0 amide bonds. The molecule has 1 fully saturated rings. The number of rotatable bonds is 2. The Kier molecular flexibility index (Phi) is 2.95. The average molecular weight is 278 g/mol. The Bertz CT molecular complexity index is 342. The SMILES string of the molecule is OCC1CN(c2ncc(Cl)cc2Br)C1. The van der Waals surface area contributed by atoms with Crippen molar-refractivity contribution in [2.45, 2.75) is 0 Å². The van der Waals surface area contributed by atoms with Gasteiger partial charge in [0, 0.05) is 31.8 Å². The summed E-state index contributed by atoms with van der Waals surface area (Å²) >= 11 is 9.20. The second kappa shape index (κ2) is 4.04. The van der Waals surface area contributed by atoms with Crippen LogP contribution < -0.4 is 4.90 Å². The molecule has 1 aliphatic rings. The number of aromatic nitrogens is 1. The number of hydrogen-bond donors (Lipinski definition) is 1. The molecule has 1 aliphatic heterocycles. The molecule has 1 aromatic heterocycles. The third kappa shape index (κ3) is 1.87. The van der Waals surface area contributed by atoms with Crippen molar-refractivity contribution in [2.75, 3.05) is 24.6 Å². The van der Waals surface area contributed by atoms with Crippen molar-refractivity contribution >= 4 is 33.3 Å². The number of aliphatic hydroxyl groups is 1. The van der Waals surface area contributed by atoms with E-state index < -0.39 is 0 Å². The van der Waals surface area contributed by atoms with Gasteiger partial charge >= 0.3 is 0 Å². The van der Waals surface area contributed by atoms with Gasteiger partial charge in [0.15, 0.2) is 0 Å². The molecule has 14 heavy (non-hydrogen) atoms. The van der Waals surface area contributed by atoms with E-state index in [0.29, 0.717) is 10.9 Å². The molecule has 0 saturated carbocycles. The fourth-order valence-corrected chi connectivity index (χ4v) is 2.39. The normalized spacial score (nSPS) is 16.9. The highest BCUT2D eigenvalue weighted by Crippen LogP contribution is 2.30. The van der Waals surface area contributed by atoms with E-state index in [-0.39, 0.29) is 6.61 Å². The zero-order chi connectivity index (χ0) is 10.1. The van der Waals surface area contributed by atoms with E-state index in [2.05, 4.69) is 25.8 Å². The minimum absolute atomic E-state index is 0.252. The summed E-state index contributed by atoms with van der Waals surface area (Å²) in [5.74, 6) is 1.29. The maximum absolute atomic E-state index is 8.88. The number of hydrogen-bond acceptors (Lipinski definition) is 3. The lowest BCUT2D eigenvalue weighted by Gasteiger charge is -2.39. The first-order valence-corrected chi connectivity index (χ1v) is 5.54. The number of anilines is 1. The molecule has 0 radical (unpaired) electrons. The molecule has 0 atom stereocenters. The van der Waals surface area contributed by atoms with E-state index in [9.17, 15) is 0 Å². The van der Waals surface area contributed by atoms with Gasteiger partial charge < -0.3 is 10.0 Å². The van der Waals surface area contributed by atoms with Crippen molar-refractivity contribution in [3.8, 4) is 0 Å². The van der Waals surface area contributed by atoms with Gasteiger partial charge in [0.25, 0.3) is 0 Å². The molecule has 1 N–H and O–H groups in total. The number of nitrogens with zero attached hydrogens (tertiary/aromatic N) is 2. The van der Waals surface area contributed by atoms with Crippen molar-refractivity contribution < 1.29 is 5.11 Å². The van der Waals surface area contributed by atoms with Crippen LogP contribution in [0, 0.1) is 5.92 Å². The van der Waals surface area contributed by atoms with E-state index in [1.54, 1.807) is 6.20 Å². The third-order valence-electron chi connectivity index (χ3n) is 2.30. The van der Waals surface area contributed by atoms with E-state index in [1.807, 2.05) is 6.07 Å². The van der Waals surface area contributed by atoms with Crippen molar-refractivity contribution in [1.29, 1.82) is 0 Å². The Labute approximate surface area is 95.8 Å². The molecule has 3 nitrogen and oxygen atoms in total.